The predicted molar refractivity (Wildman–Crippen MR) is 103 cm³/mol. The number of aromatic nitrogens is 5. The molecule has 0 unspecified atom stereocenters. The Balaban J connectivity index is 1.92. The van der Waals surface area contributed by atoms with E-state index in [4.69, 9.17) is 0 Å². The van der Waals surface area contributed by atoms with Gasteiger partial charge in [-0.1, -0.05) is 25.1 Å². The average Bonchev–Trinajstić information content (AvgIpc) is 3.11. The molecule has 0 N–H and O–H groups in total. The number of pyridine rings is 1. The van der Waals surface area contributed by atoms with Gasteiger partial charge in [-0.2, -0.15) is 4.37 Å². The second-order valence-electron chi connectivity index (χ2n) is 5.68. The summed E-state index contributed by atoms with van der Waals surface area (Å²) in [6, 6.07) is 11.1. The van der Waals surface area contributed by atoms with Crippen LogP contribution in [0.15, 0.2) is 56.9 Å². The van der Waals surface area contributed by atoms with E-state index in [-0.39, 0.29) is 5.56 Å². The lowest BCUT2D eigenvalue weighted by atomic mass is 10.2. The third kappa shape index (κ3) is 3.13. The summed E-state index contributed by atoms with van der Waals surface area (Å²) in [5.74, 6) is 1.34. The minimum Gasteiger partial charge on any atom is -0.268 e. The molecular formula is C18H15N5OS2. The van der Waals surface area contributed by atoms with E-state index in [2.05, 4.69) is 19.3 Å². The average molecular weight is 381 g/mol. The molecule has 0 fully saturated rings. The molecule has 8 heteroatoms. The molecule has 26 heavy (non-hydrogen) atoms. The molecule has 0 atom stereocenters. The fourth-order valence-corrected chi connectivity index (χ4v) is 4.18. The van der Waals surface area contributed by atoms with Gasteiger partial charge in [0.15, 0.2) is 9.50 Å². The summed E-state index contributed by atoms with van der Waals surface area (Å²) in [5.41, 5.74) is 1.54. The van der Waals surface area contributed by atoms with E-state index in [0.717, 1.165) is 22.1 Å². The van der Waals surface area contributed by atoms with Crippen molar-refractivity contribution in [3.8, 4) is 5.82 Å². The highest BCUT2D eigenvalue weighted by atomic mass is 32.2. The van der Waals surface area contributed by atoms with Gasteiger partial charge < -0.3 is 0 Å². The first-order valence-corrected chi connectivity index (χ1v) is 9.70. The zero-order chi connectivity index (χ0) is 18.1. The van der Waals surface area contributed by atoms with E-state index in [9.17, 15) is 4.79 Å². The lowest BCUT2D eigenvalue weighted by Gasteiger charge is -2.11. The van der Waals surface area contributed by atoms with Gasteiger partial charge in [-0.25, -0.2) is 19.5 Å². The summed E-state index contributed by atoms with van der Waals surface area (Å²) in [6.45, 7) is 3.97. The van der Waals surface area contributed by atoms with E-state index in [1.165, 1.54) is 23.3 Å². The number of aryl methyl sites for hydroxylation is 2. The summed E-state index contributed by atoms with van der Waals surface area (Å²) >= 11 is 2.65. The topological polar surface area (TPSA) is 73.6 Å². The van der Waals surface area contributed by atoms with Crippen LogP contribution in [0.5, 0.6) is 0 Å². The maximum absolute atomic E-state index is 13.1. The van der Waals surface area contributed by atoms with Crippen molar-refractivity contribution in [2.24, 2.45) is 0 Å². The SMILES string of the molecule is CCc1nsc(Sc2nc3ccccc3c(=O)n2-c2ccc(C)cn2)n1. The van der Waals surface area contributed by atoms with Crippen LogP contribution >= 0.6 is 23.3 Å². The highest BCUT2D eigenvalue weighted by Gasteiger charge is 2.16. The smallest absolute Gasteiger partial charge is 0.267 e. The molecule has 0 spiro atoms. The Labute approximate surface area is 158 Å². The van der Waals surface area contributed by atoms with Crippen molar-refractivity contribution in [2.45, 2.75) is 29.8 Å². The van der Waals surface area contributed by atoms with Crippen molar-refractivity contribution in [1.82, 2.24) is 23.9 Å². The Morgan fingerprint density at radius 3 is 2.73 bits per heavy atom. The molecule has 0 saturated heterocycles. The first-order valence-electron chi connectivity index (χ1n) is 8.11. The minimum atomic E-state index is -0.144. The highest BCUT2D eigenvalue weighted by Crippen LogP contribution is 2.29. The van der Waals surface area contributed by atoms with Crippen LogP contribution < -0.4 is 5.56 Å². The fourth-order valence-electron chi connectivity index (χ4n) is 2.48. The Kier molecular flexibility index (Phi) is 4.52. The molecule has 3 aromatic heterocycles. The maximum Gasteiger partial charge on any atom is 0.267 e. The molecule has 0 aliphatic carbocycles. The second-order valence-corrected chi connectivity index (χ2v) is 7.64. The Hall–Kier alpha value is -2.58. The van der Waals surface area contributed by atoms with Crippen LogP contribution in [-0.4, -0.2) is 23.9 Å². The third-order valence-electron chi connectivity index (χ3n) is 3.81. The van der Waals surface area contributed by atoms with Gasteiger partial charge in [0, 0.05) is 12.6 Å². The van der Waals surface area contributed by atoms with E-state index in [1.807, 2.05) is 44.2 Å². The van der Waals surface area contributed by atoms with E-state index in [1.54, 1.807) is 16.8 Å². The van der Waals surface area contributed by atoms with Crippen molar-refractivity contribution < 1.29 is 0 Å². The number of rotatable bonds is 4. The molecule has 4 aromatic rings. The van der Waals surface area contributed by atoms with Crippen LogP contribution in [0.2, 0.25) is 0 Å². The normalized spacial score (nSPS) is 11.2. The number of benzene rings is 1. The fraction of sp³-hybridized carbons (Fsp3) is 0.167. The van der Waals surface area contributed by atoms with Crippen molar-refractivity contribution in [1.29, 1.82) is 0 Å². The van der Waals surface area contributed by atoms with Crippen molar-refractivity contribution in [2.75, 3.05) is 0 Å². The van der Waals surface area contributed by atoms with Crippen LogP contribution in [-0.2, 0) is 6.42 Å². The molecule has 130 valence electrons. The summed E-state index contributed by atoms with van der Waals surface area (Å²) in [7, 11) is 0. The number of hydrogen-bond donors (Lipinski definition) is 0. The molecule has 6 nitrogen and oxygen atoms in total. The van der Waals surface area contributed by atoms with Gasteiger partial charge in [0.05, 0.1) is 10.9 Å². The third-order valence-corrected chi connectivity index (χ3v) is 5.56. The van der Waals surface area contributed by atoms with Gasteiger partial charge >= 0.3 is 0 Å². The molecule has 0 aliphatic rings. The molecule has 1 aromatic carbocycles. The van der Waals surface area contributed by atoms with Gasteiger partial charge in [0.2, 0.25) is 0 Å². The lowest BCUT2D eigenvalue weighted by Crippen LogP contribution is -2.22. The van der Waals surface area contributed by atoms with E-state index >= 15 is 0 Å². The quantitative estimate of drug-likeness (QED) is 0.502. The van der Waals surface area contributed by atoms with Gasteiger partial charge in [-0.05, 0) is 54.0 Å². The monoisotopic (exact) mass is 381 g/mol. The summed E-state index contributed by atoms with van der Waals surface area (Å²) in [6.07, 6.45) is 2.51. The van der Waals surface area contributed by atoms with Crippen molar-refractivity contribution >= 4 is 34.2 Å². The van der Waals surface area contributed by atoms with Gasteiger partial charge in [-0.15, -0.1) is 0 Å². The van der Waals surface area contributed by atoms with Crippen LogP contribution in [0.25, 0.3) is 16.7 Å². The van der Waals surface area contributed by atoms with Gasteiger partial charge in [0.1, 0.15) is 11.6 Å². The molecular weight excluding hydrogens is 366 g/mol. The second kappa shape index (κ2) is 6.97. The summed E-state index contributed by atoms with van der Waals surface area (Å²) in [5, 5.41) is 1.09. The van der Waals surface area contributed by atoms with Crippen molar-refractivity contribution in [3.63, 3.8) is 0 Å². The van der Waals surface area contributed by atoms with Crippen molar-refractivity contribution in [3.05, 3.63) is 64.3 Å². The number of hydrogen-bond acceptors (Lipinski definition) is 7. The molecule has 0 saturated carbocycles. The molecule has 0 bridgehead atoms. The summed E-state index contributed by atoms with van der Waals surface area (Å²) < 4.78 is 6.60. The highest BCUT2D eigenvalue weighted by molar-refractivity contribution is 8.00. The first-order chi connectivity index (χ1) is 12.7. The van der Waals surface area contributed by atoms with Crippen LogP contribution in [0.1, 0.15) is 18.3 Å². The first kappa shape index (κ1) is 16.9. The van der Waals surface area contributed by atoms with E-state index < -0.39 is 0 Å². The molecule has 3 heterocycles. The lowest BCUT2D eigenvalue weighted by molar-refractivity contribution is 0.794. The largest absolute Gasteiger partial charge is 0.268 e. The zero-order valence-electron chi connectivity index (χ0n) is 14.2. The Morgan fingerprint density at radius 2 is 2.00 bits per heavy atom. The minimum absolute atomic E-state index is 0.144. The molecule has 0 radical (unpaired) electrons. The van der Waals surface area contributed by atoms with Crippen LogP contribution in [0.4, 0.5) is 0 Å². The Bertz CT molecular complexity index is 1130. The van der Waals surface area contributed by atoms with Crippen LogP contribution in [0, 0.1) is 6.92 Å². The Morgan fingerprint density at radius 1 is 1.15 bits per heavy atom. The van der Waals surface area contributed by atoms with Gasteiger partial charge in [0.25, 0.3) is 5.56 Å². The number of para-hydroxylation sites is 1. The number of fused-ring (bicyclic) bond motifs is 1. The predicted octanol–water partition coefficient (Wildman–Crippen LogP) is 3.65. The maximum atomic E-state index is 13.1. The summed E-state index contributed by atoms with van der Waals surface area (Å²) in [4.78, 5) is 26.7. The van der Waals surface area contributed by atoms with Gasteiger partial charge in [-0.3, -0.25) is 4.79 Å². The molecule has 4 rings (SSSR count). The van der Waals surface area contributed by atoms with Crippen LogP contribution in [0.3, 0.4) is 0 Å². The molecule has 0 aliphatic heterocycles. The number of nitrogens with zero attached hydrogens (tertiary/aromatic N) is 5. The molecule has 0 amide bonds. The standard InChI is InChI=1S/C18H15N5OS2/c1-3-14-21-18(26-22-14)25-17-20-13-7-5-4-6-12(13)16(24)23(17)15-9-8-11(2)10-19-15/h4-10H,3H2,1-2H3. The zero-order valence-corrected chi connectivity index (χ0v) is 15.8. The van der Waals surface area contributed by atoms with E-state index in [0.29, 0.717) is 21.9 Å².